The lowest BCUT2D eigenvalue weighted by molar-refractivity contribution is 0.112. The molecule has 3 nitrogen and oxygen atoms in total. The van der Waals surface area contributed by atoms with E-state index in [-0.39, 0.29) is 0 Å². The molecular formula is C16H33N3. The van der Waals surface area contributed by atoms with Gasteiger partial charge in [0.15, 0.2) is 0 Å². The van der Waals surface area contributed by atoms with E-state index in [0.29, 0.717) is 0 Å². The Labute approximate surface area is 119 Å². The molecule has 1 heterocycles. The molecular weight excluding hydrogens is 234 g/mol. The van der Waals surface area contributed by atoms with Gasteiger partial charge in [-0.2, -0.15) is 0 Å². The average Bonchev–Trinajstić information content (AvgIpc) is 2.79. The number of hydrogen-bond acceptors (Lipinski definition) is 3. The quantitative estimate of drug-likeness (QED) is 0.825. The summed E-state index contributed by atoms with van der Waals surface area (Å²) in [6.07, 6.45) is 8.08. The molecule has 0 aromatic heterocycles. The van der Waals surface area contributed by atoms with E-state index in [4.69, 9.17) is 0 Å². The van der Waals surface area contributed by atoms with Gasteiger partial charge in [-0.15, -0.1) is 0 Å². The zero-order chi connectivity index (χ0) is 13.7. The second-order valence-corrected chi connectivity index (χ2v) is 6.47. The van der Waals surface area contributed by atoms with Crippen molar-refractivity contribution >= 4 is 0 Å². The number of nitrogens with zero attached hydrogens (tertiary/aromatic N) is 2. The zero-order valence-electron chi connectivity index (χ0n) is 13.2. The van der Waals surface area contributed by atoms with E-state index in [1.165, 1.54) is 64.7 Å². The van der Waals surface area contributed by atoms with E-state index in [0.717, 1.165) is 18.1 Å². The molecule has 1 saturated heterocycles. The molecule has 1 N–H and O–H groups in total. The van der Waals surface area contributed by atoms with Gasteiger partial charge in [0.05, 0.1) is 0 Å². The first kappa shape index (κ1) is 15.3. The van der Waals surface area contributed by atoms with Gasteiger partial charge >= 0.3 is 0 Å². The summed E-state index contributed by atoms with van der Waals surface area (Å²) in [4.78, 5) is 5.38. The molecule has 0 radical (unpaired) electrons. The van der Waals surface area contributed by atoms with Crippen LogP contribution in [-0.4, -0.2) is 61.2 Å². The van der Waals surface area contributed by atoms with Gasteiger partial charge in [0, 0.05) is 31.2 Å². The second kappa shape index (κ2) is 7.61. The Bertz CT molecular complexity index is 256. The van der Waals surface area contributed by atoms with Crippen molar-refractivity contribution in [2.45, 2.75) is 70.5 Å². The molecule has 2 aliphatic rings. The van der Waals surface area contributed by atoms with Crippen LogP contribution in [0.1, 0.15) is 52.4 Å². The van der Waals surface area contributed by atoms with Crippen molar-refractivity contribution in [2.75, 3.05) is 33.2 Å². The van der Waals surface area contributed by atoms with Crippen molar-refractivity contribution in [3.63, 3.8) is 0 Å². The number of likely N-dealkylation sites (N-methyl/N-ethyl adjacent to an activating group) is 1. The van der Waals surface area contributed by atoms with E-state index >= 15 is 0 Å². The van der Waals surface area contributed by atoms with Crippen LogP contribution >= 0.6 is 0 Å². The van der Waals surface area contributed by atoms with Crippen molar-refractivity contribution in [1.29, 1.82) is 0 Å². The van der Waals surface area contributed by atoms with Crippen LogP contribution in [0.2, 0.25) is 0 Å². The average molecular weight is 267 g/mol. The molecule has 0 aromatic carbocycles. The predicted molar refractivity (Wildman–Crippen MR) is 82.6 cm³/mol. The Morgan fingerprint density at radius 3 is 2.68 bits per heavy atom. The smallest absolute Gasteiger partial charge is 0.0252 e. The van der Waals surface area contributed by atoms with Crippen molar-refractivity contribution < 1.29 is 0 Å². The van der Waals surface area contributed by atoms with Crippen LogP contribution in [0.15, 0.2) is 0 Å². The van der Waals surface area contributed by atoms with Crippen LogP contribution in [0, 0.1) is 0 Å². The summed E-state index contributed by atoms with van der Waals surface area (Å²) in [6, 6.07) is 2.31. The maximum absolute atomic E-state index is 3.80. The van der Waals surface area contributed by atoms with Crippen LogP contribution in [-0.2, 0) is 0 Å². The molecule has 0 spiro atoms. The summed E-state index contributed by atoms with van der Waals surface area (Å²) < 4.78 is 0. The molecule has 0 bridgehead atoms. The largest absolute Gasteiger partial charge is 0.312 e. The molecule has 0 amide bonds. The highest BCUT2D eigenvalue weighted by Crippen LogP contribution is 2.28. The minimum Gasteiger partial charge on any atom is -0.312 e. The fraction of sp³-hybridized carbons (Fsp3) is 1.00. The van der Waals surface area contributed by atoms with Crippen molar-refractivity contribution in [1.82, 2.24) is 15.1 Å². The molecule has 112 valence electrons. The van der Waals surface area contributed by atoms with Gasteiger partial charge in [0.1, 0.15) is 0 Å². The fourth-order valence-corrected chi connectivity index (χ4v) is 3.97. The van der Waals surface area contributed by atoms with Gasteiger partial charge in [-0.1, -0.05) is 20.3 Å². The van der Waals surface area contributed by atoms with Crippen molar-refractivity contribution in [2.24, 2.45) is 0 Å². The fourth-order valence-electron chi connectivity index (χ4n) is 3.97. The lowest BCUT2D eigenvalue weighted by Gasteiger charge is -2.38. The summed E-state index contributed by atoms with van der Waals surface area (Å²) in [5.41, 5.74) is 0. The van der Waals surface area contributed by atoms with Gasteiger partial charge in [-0.3, -0.25) is 4.90 Å². The number of rotatable bonds is 5. The monoisotopic (exact) mass is 267 g/mol. The Hall–Kier alpha value is -0.120. The lowest BCUT2D eigenvalue weighted by atomic mass is 10.1. The van der Waals surface area contributed by atoms with E-state index in [1.807, 2.05) is 0 Å². The third-order valence-corrected chi connectivity index (χ3v) is 4.98. The lowest BCUT2D eigenvalue weighted by Crippen LogP contribution is -2.52. The first-order chi connectivity index (χ1) is 9.26. The first-order valence-corrected chi connectivity index (χ1v) is 8.44. The topological polar surface area (TPSA) is 18.5 Å². The highest BCUT2D eigenvalue weighted by Gasteiger charge is 2.35. The Morgan fingerprint density at radius 1 is 1.11 bits per heavy atom. The maximum atomic E-state index is 3.80. The highest BCUT2D eigenvalue weighted by molar-refractivity contribution is 4.94. The maximum Gasteiger partial charge on any atom is 0.0252 e. The number of hydrogen-bond donors (Lipinski definition) is 1. The van der Waals surface area contributed by atoms with Gasteiger partial charge in [0.2, 0.25) is 0 Å². The van der Waals surface area contributed by atoms with Crippen LogP contribution < -0.4 is 5.32 Å². The van der Waals surface area contributed by atoms with E-state index in [1.54, 1.807) is 0 Å². The van der Waals surface area contributed by atoms with Gasteiger partial charge < -0.3 is 10.2 Å². The van der Waals surface area contributed by atoms with Crippen molar-refractivity contribution in [3.8, 4) is 0 Å². The standard InChI is InChI=1S/C16H33N3/c1-4-10-17-15-8-6-9-16(15)19-12-7-11-18(3)13-14(19)5-2/h14-17H,4-13H2,1-3H3. The predicted octanol–water partition coefficient (Wildman–Crippen LogP) is 2.32. The Morgan fingerprint density at radius 2 is 1.95 bits per heavy atom. The minimum absolute atomic E-state index is 0.748. The third-order valence-electron chi connectivity index (χ3n) is 4.98. The van der Waals surface area contributed by atoms with Crippen LogP contribution in [0.3, 0.4) is 0 Å². The molecule has 19 heavy (non-hydrogen) atoms. The summed E-state index contributed by atoms with van der Waals surface area (Å²) in [7, 11) is 2.29. The molecule has 1 aliphatic heterocycles. The molecule has 2 fully saturated rings. The summed E-state index contributed by atoms with van der Waals surface area (Å²) in [5.74, 6) is 0. The van der Waals surface area contributed by atoms with Gasteiger partial charge in [-0.05, 0) is 52.2 Å². The van der Waals surface area contributed by atoms with E-state index in [2.05, 4.69) is 36.0 Å². The Kier molecular flexibility index (Phi) is 6.11. The van der Waals surface area contributed by atoms with Crippen LogP contribution in [0.25, 0.3) is 0 Å². The SMILES string of the molecule is CCCNC1CCCC1N1CCCN(C)CC1CC. The second-order valence-electron chi connectivity index (χ2n) is 6.47. The summed E-state index contributed by atoms with van der Waals surface area (Å²) in [5, 5.41) is 3.80. The van der Waals surface area contributed by atoms with E-state index < -0.39 is 0 Å². The molecule has 2 rings (SSSR count). The zero-order valence-corrected chi connectivity index (χ0v) is 13.2. The molecule has 3 heteroatoms. The van der Waals surface area contributed by atoms with Crippen LogP contribution in [0.5, 0.6) is 0 Å². The molecule has 3 unspecified atom stereocenters. The Balaban J connectivity index is 2.00. The third kappa shape index (κ3) is 3.93. The highest BCUT2D eigenvalue weighted by atomic mass is 15.3. The van der Waals surface area contributed by atoms with Gasteiger partial charge in [-0.25, -0.2) is 0 Å². The molecule has 1 saturated carbocycles. The van der Waals surface area contributed by atoms with Crippen LogP contribution in [0.4, 0.5) is 0 Å². The minimum atomic E-state index is 0.748. The normalized spacial score (nSPS) is 34.6. The first-order valence-electron chi connectivity index (χ1n) is 8.44. The summed E-state index contributed by atoms with van der Waals surface area (Å²) in [6.45, 7) is 9.65. The van der Waals surface area contributed by atoms with Crippen molar-refractivity contribution in [3.05, 3.63) is 0 Å². The summed E-state index contributed by atoms with van der Waals surface area (Å²) >= 11 is 0. The molecule has 3 atom stereocenters. The molecule has 0 aromatic rings. The molecule has 1 aliphatic carbocycles. The van der Waals surface area contributed by atoms with E-state index in [9.17, 15) is 0 Å². The van der Waals surface area contributed by atoms with Gasteiger partial charge in [0.25, 0.3) is 0 Å². The number of nitrogens with one attached hydrogen (secondary N) is 1.